The molecule has 33 heavy (non-hydrogen) atoms. The molecule has 2 N–H and O–H groups in total. The highest BCUT2D eigenvalue weighted by molar-refractivity contribution is 6.05. The molecule has 0 saturated carbocycles. The van der Waals surface area contributed by atoms with Gasteiger partial charge in [-0.05, 0) is 41.8 Å². The summed E-state index contributed by atoms with van der Waals surface area (Å²) < 4.78 is 5.42. The molecule has 0 saturated heterocycles. The van der Waals surface area contributed by atoms with Crippen molar-refractivity contribution in [1.82, 2.24) is 5.32 Å². The molecule has 1 aliphatic carbocycles. The van der Waals surface area contributed by atoms with Crippen molar-refractivity contribution in [2.75, 3.05) is 23.4 Å². The molecule has 0 bridgehead atoms. The summed E-state index contributed by atoms with van der Waals surface area (Å²) >= 11 is 0. The molecule has 2 aromatic carbocycles. The first kappa shape index (κ1) is 22.5. The topological polar surface area (TPSA) is 105 Å². The number of ether oxygens (including phenoxy) is 1. The normalized spacial score (nSPS) is 18.7. The lowest BCUT2D eigenvalue weighted by molar-refractivity contribution is -0.131. The fourth-order valence-corrected chi connectivity index (χ4v) is 4.58. The van der Waals surface area contributed by atoms with E-state index in [1.54, 1.807) is 24.3 Å². The molecular weight excluding hydrogens is 422 g/mol. The largest absolute Gasteiger partial charge is 0.482 e. The molecule has 0 spiro atoms. The molecule has 1 heterocycles. The standard InChI is InChI=1S/C25H27N3O5/c1-3-6-22(30)25(27-16(2)29)12-17-9-10-19(11-18(17)13-25)26-23(31)14-28-20-7-4-5-8-21(20)33-15-24(28)32/h4-5,7-11H,3,6,12-15H2,1-2H3,(H,26,31)(H,27,29). The molecule has 1 aliphatic heterocycles. The molecule has 1 unspecified atom stereocenters. The fourth-order valence-electron chi connectivity index (χ4n) is 4.58. The van der Waals surface area contributed by atoms with Gasteiger partial charge in [-0.3, -0.25) is 24.1 Å². The molecular formula is C25H27N3O5. The Morgan fingerprint density at radius 1 is 1.09 bits per heavy atom. The van der Waals surface area contributed by atoms with Crippen LogP contribution in [0.5, 0.6) is 5.75 Å². The van der Waals surface area contributed by atoms with Gasteiger partial charge in [0, 0.05) is 31.9 Å². The van der Waals surface area contributed by atoms with Crippen LogP contribution in [0.15, 0.2) is 42.5 Å². The molecule has 172 valence electrons. The Morgan fingerprint density at radius 3 is 2.61 bits per heavy atom. The highest BCUT2D eigenvalue weighted by Crippen LogP contribution is 2.34. The summed E-state index contributed by atoms with van der Waals surface area (Å²) in [5.41, 5.74) is 2.10. The number of carbonyl (C=O) groups is 4. The predicted octanol–water partition coefficient (Wildman–Crippen LogP) is 2.39. The van der Waals surface area contributed by atoms with Crippen molar-refractivity contribution in [2.24, 2.45) is 0 Å². The number of Topliss-reactive ketones (excluding diaryl/α,β-unsaturated/α-hetero) is 1. The maximum atomic E-state index is 12.9. The highest BCUT2D eigenvalue weighted by atomic mass is 16.5. The van der Waals surface area contributed by atoms with Crippen molar-refractivity contribution in [3.63, 3.8) is 0 Å². The number of hydrogen-bond donors (Lipinski definition) is 2. The van der Waals surface area contributed by atoms with Crippen LogP contribution < -0.4 is 20.3 Å². The molecule has 0 radical (unpaired) electrons. The first-order valence-corrected chi connectivity index (χ1v) is 11.1. The van der Waals surface area contributed by atoms with Gasteiger partial charge in [-0.2, -0.15) is 0 Å². The summed E-state index contributed by atoms with van der Waals surface area (Å²) in [6, 6.07) is 12.6. The van der Waals surface area contributed by atoms with E-state index in [-0.39, 0.29) is 36.7 Å². The predicted molar refractivity (Wildman–Crippen MR) is 123 cm³/mol. The van der Waals surface area contributed by atoms with Gasteiger partial charge in [-0.15, -0.1) is 0 Å². The minimum absolute atomic E-state index is 0.0199. The number of nitrogens with zero attached hydrogens (tertiary/aromatic N) is 1. The quantitative estimate of drug-likeness (QED) is 0.675. The number of benzene rings is 2. The number of ketones is 1. The van der Waals surface area contributed by atoms with Gasteiger partial charge in [0.2, 0.25) is 11.8 Å². The SMILES string of the molecule is CCCC(=O)C1(NC(C)=O)Cc2ccc(NC(=O)CN3C(=O)COc4ccccc43)cc2C1. The third kappa shape index (κ3) is 4.60. The van der Waals surface area contributed by atoms with E-state index in [1.165, 1.54) is 11.8 Å². The number of para-hydroxylation sites is 2. The highest BCUT2D eigenvalue weighted by Gasteiger charge is 2.43. The molecule has 0 fully saturated rings. The Bertz CT molecular complexity index is 1130. The minimum atomic E-state index is -0.934. The minimum Gasteiger partial charge on any atom is -0.482 e. The van der Waals surface area contributed by atoms with E-state index >= 15 is 0 Å². The third-order valence-corrected chi connectivity index (χ3v) is 6.01. The van der Waals surface area contributed by atoms with Crippen molar-refractivity contribution in [3.05, 3.63) is 53.6 Å². The van der Waals surface area contributed by atoms with Gasteiger partial charge in [0.1, 0.15) is 17.8 Å². The lowest BCUT2D eigenvalue weighted by Crippen LogP contribution is -2.54. The number of carbonyl (C=O) groups excluding carboxylic acids is 4. The maximum absolute atomic E-state index is 12.9. The Kier molecular flexibility index (Phi) is 6.18. The van der Waals surface area contributed by atoms with Crippen molar-refractivity contribution in [1.29, 1.82) is 0 Å². The molecule has 1 atom stereocenters. The van der Waals surface area contributed by atoms with E-state index in [0.29, 0.717) is 42.8 Å². The van der Waals surface area contributed by atoms with Gasteiger partial charge >= 0.3 is 0 Å². The average Bonchev–Trinajstić information content (AvgIpc) is 3.14. The van der Waals surface area contributed by atoms with Gasteiger partial charge in [0.25, 0.3) is 5.91 Å². The van der Waals surface area contributed by atoms with Gasteiger partial charge in [-0.25, -0.2) is 0 Å². The van der Waals surface area contributed by atoms with Crippen molar-refractivity contribution in [2.45, 2.75) is 45.1 Å². The van der Waals surface area contributed by atoms with Crippen molar-refractivity contribution >= 4 is 34.9 Å². The summed E-state index contributed by atoms with van der Waals surface area (Å²) in [4.78, 5) is 51.2. The first-order valence-electron chi connectivity index (χ1n) is 11.1. The van der Waals surface area contributed by atoms with Gasteiger partial charge in [0.05, 0.1) is 5.69 Å². The summed E-state index contributed by atoms with van der Waals surface area (Å²) in [5, 5.41) is 5.73. The van der Waals surface area contributed by atoms with E-state index in [9.17, 15) is 19.2 Å². The second kappa shape index (κ2) is 9.05. The number of nitrogens with one attached hydrogen (secondary N) is 2. The van der Waals surface area contributed by atoms with Gasteiger partial charge in [0.15, 0.2) is 12.4 Å². The second-order valence-corrected chi connectivity index (χ2v) is 8.56. The van der Waals surface area contributed by atoms with Gasteiger partial charge in [-0.1, -0.05) is 25.1 Å². The molecule has 2 aliphatic rings. The maximum Gasteiger partial charge on any atom is 0.265 e. The van der Waals surface area contributed by atoms with Crippen LogP contribution in [0, 0.1) is 0 Å². The Labute approximate surface area is 192 Å². The lowest BCUT2D eigenvalue weighted by atomic mass is 9.87. The van der Waals surface area contributed by atoms with Crippen LogP contribution >= 0.6 is 0 Å². The van der Waals surface area contributed by atoms with Gasteiger partial charge < -0.3 is 15.4 Å². The Balaban J connectivity index is 1.48. The lowest BCUT2D eigenvalue weighted by Gasteiger charge is -2.28. The van der Waals surface area contributed by atoms with Crippen LogP contribution in [-0.2, 0) is 32.0 Å². The summed E-state index contributed by atoms with van der Waals surface area (Å²) in [6.07, 6.45) is 1.93. The molecule has 3 amide bonds. The van der Waals surface area contributed by atoms with E-state index in [2.05, 4.69) is 10.6 Å². The number of amides is 3. The van der Waals surface area contributed by atoms with E-state index in [4.69, 9.17) is 4.74 Å². The molecule has 4 rings (SSSR count). The zero-order valence-electron chi connectivity index (χ0n) is 18.8. The zero-order chi connectivity index (χ0) is 23.6. The van der Waals surface area contributed by atoms with Crippen LogP contribution in [0.3, 0.4) is 0 Å². The Hall–Kier alpha value is -3.68. The van der Waals surface area contributed by atoms with Crippen LogP contribution in [-0.4, -0.2) is 42.2 Å². The van der Waals surface area contributed by atoms with Crippen LogP contribution in [0.2, 0.25) is 0 Å². The molecule has 0 aromatic heterocycles. The first-order chi connectivity index (χ1) is 15.8. The second-order valence-electron chi connectivity index (χ2n) is 8.56. The van der Waals surface area contributed by atoms with Crippen LogP contribution in [0.4, 0.5) is 11.4 Å². The number of anilines is 2. The Morgan fingerprint density at radius 2 is 1.85 bits per heavy atom. The fraction of sp³-hybridized carbons (Fsp3) is 0.360. The smallest absolute Gasteiger partial charge is 0.265 e. The molecule has 8 nitrogen and oxygen atoms in total. The summed E-state index contributed by atoms with van der Waals surface area (Å²) in [5.74, 6) is -0.281. The van der Waals surface area contributed by atoms with Crippen LogP contribution in [0.25, 0.3) is 0 Å². The number of hydrogen-bond acceptors (Lipinski definition) is 5. The van der Waals surface area contributed by atoms with Crippen LogP contribution in [0.1, 0.15) is 37.8 Å². The van der Waals surface area contributed by atoms with E-state index in [0.717, 1.165) is 11.1 Å². The summed E-state index contributed by atoms with van der Waals surface area (Å²) in [6.45, 7) is 3.11. The monoisotopic (exact) mass is 449 g/mol. The third-order valence-electron chi connectivity index (χ3n) is 6.01. The number of fused-ring (bicyclic) bond motifs is 2. The molecule has 8 heteroatoms. The number of rotatable bonds is 7. The average molecular weight is 450 g/mol. The van der Waals surface area contributed by atoms with E-state index < -0.39 is 5.54 Å². The summed E-state index contributed by atoms with van der Waals surface area (Å²) in [7, 11) is 0. The van der Waals surface area contributed by atoms with Crippen molar-refractivity contribution < 1.29 is 23.9 Å². The van der Waals surface area contributed by atoms with E-state index in [1.807, 2.05) is 25.1 Å². The zero-order valence-corrected chi connectivity index (χ0v) is 18.8. The van der Waals surface area contributed by atoms with Crippen molar-refractivity contribution in [3.8, 4) is 5.75 Å². The molecule has 2 aromatic rings.